The minimum atomic E-state index is 0.0368. The standard InChI is InChI=1S/C15H15N3O/c1-11-5-14(8-16)7-15(18-11)17-9-12-3-2-4-13(6-12)10-19/h2-7,19H,9-10H2,1H3,(H,17,18). The van der Waals surface area contributed by atoms with Crippen molar-refractivity contribution in [2.75, 3.05) is 5.32 Å². The summed E-state index contributed by atoms with van der Waals surface area (Å²) in [5, 5.41) is 21.2. The maximum atomic E-state index is 9.08. The van der Waals surface area contributed by atoms with Gasteiger partial charge in [-0.1, -0.05) is 24.3 Å². The van der Waals surface area contributed by atoms with Crippen molar-refractivity contribution in [2.24, 2.45) is 0 Å². The Labute approximate surface area is 112 Å². The van der Waals surface area contributed by atoms with E-state index in [9.17, 15) is 0 Å². The summed E-state index contributed by atoms with van der Waals surface area (Å²) >= 11 is 0. The van der Waals surface area contributed by atoms with Crippen molar-refractivity contribution in [3.63, 3.8) is 0 Å². The maximum Gasteiger partial charge on any atom is 0.127 e. The second-order valence-electron chi connectivity index (χ2n) is 4.33. The molecule has 2 N–H and O–H groups in total. The molecule has 0 saturated carbocycles. The highest BCUT2D eigenvalue weighted by Gasteiger charge is 2.00. The van der Waals surface area contributed by atoms with E-state index in [1.807, 2.05) is 31.2 Å². The lowest BCUT2D eigenvalue weighted by atomic mass is 10.1. The third-order valence-electron chi connectivity index (χ3n) is 2.73. The molecule has 19 heavy (non-hydrogen) atoms. The van der Waals surface area contributed by atoms with Gasteiger partial charge in [0.25, 0.3) is 0 Å². The molecule has 0 aliphatic carbocycles. The zero-order chi connectivity index (χ0) is 13.7. The molecule has 1 heterocycles. The Kier molecular flexibility index (Phi) is 4.11. The van der Waals surface area contributed by atoms with Gasteiger partial charge in [0, 0.05) is 12.2 Å². The van der Waals surface area contributed by atoms with Crippen LogP contribution in [0.15, 0.2) is 36.4 Å². The van der Waals surface area contributed by atoms with Gasteiger partial charge in [0.05, 0.1) is 18.2 Å². The summed E-state index contributed by atoms with van der Waals surface area (Å²) in [5.41, 5.74) is 3.35. The number of benzene rings is 1. The molecular formula is C15H15N3O. The number of pyridine rings is 1. The summed E-state index contributed by atoms with van der Waals surface area (Å²) in [4.78, 5) is 4.33. The molecule has 0 aliphatic rings. The predicted octanol–water partition coefficient (Wildman–Crippen LogP) is 2.37. The van der Waals surface area contributed by atoms with Crippen LogP contribution in [0.25, 0.3) is 0 Å². The first-order chi connectivity index (χ1) is 9.21. The number of nitriles is 1. The van der Waals surface area contributed by atoms with E-state index in [1.54, 1.807) is 12.1 Å². The molecule has 0 fully saturated rings. The van der Waals surface area contributed by atoms with E-state index in [1.165, 1.54) is 0 Å². The Morgan fingerprint density at radius 3 is 2.79 bits per heavy atom. The van der Waals surface area contributed by atoms with E-state index >= 15 is 0 Å². The Balaban J connectivity index is 2.10. The summed E-state index contributed by atoms with van der Waals surface area (Å²) in [6, 6.07) is 13.3. The first-order valence-electron chi connectivity index (χ1n) is 6.02. The van der Waals surface area contributed by atoms with Gasteiger partial charge in [-0.15, -0.1) is 0 Å². The number of aryl methyl sites for hydroxylation is 1. The van der Waals surface area contributed by atoms with Crippen molar-refractivity contribution in [1.82, 2.24) is 4.98 Å². The highest BCUT2D eigenvalue weighted by molar-refractivity contribution is 5.44. The lowest BCUT2D eigenvalue weighted by molar-refractivity contribution is 0.281. The van der Waals surface area contributed by atoms with Crippen LogP contribution in [-0.4, -0.2) is 10.1 Å². The van der Waals surface area contributed by atoms with E-state index in [4.69, 9.17) is 10.4 Å². The molecule has 96 valence electrons. The molecule has 0 aliphatic heterocycles. The van der Waals surface area contributed by atoms with Crippen LogP contribution in [0, 0.1) is 18.3 Å². The van der Waals surface area contributed by atoms with Crippen LogP contribution < -0.4 is 5.32 Å². The van der Waals surface area contributed by atoms with Crippen LogP contribution in [0.3, 0.4) is 0 Å². The number of nitrogens with one attached hydrogen (secondary N) is 1. The maximum absolute atomic E-state index is 9.08. The second kappa shape index (κ2) is 5.98. The molecule has 0 saturated heterocycles. The topological polar surface area (TPSA) is 68.9 Å². The fourth-order valence-corrected chi connectivity index (χ4v) is 1.85. The molecule has 2 aromatic rings. The number of aromatic nitrogens is 1. The average molecular weight is 253 g/mol. The molecular weight excluding hydrogens is 238 g/mol. The minimum absolute atomic E-state index is 0.0368. The summed E-state index contributed by atoms with van der Waals surface area (Å²) in [6.45, 7) is 2.50. The first kappa shape index (κ1) is 13.1. The quantitative estimate of drug-likeness (QED) is 0.877. The van der Waals surface area contributed by atoms with Gasteiger partial charge < -0.3 is 10.4 Å². The number of nitrogens with zero attached hydrogens (tertiary/aromatic N) is 2. The summed E-state index contributed by atoms with van der Waals surface area (Å²) in [5.74, 6) is 0.686. The molecule has 0 radical (unpaired) electrons. The van der Waals surface area contributed by atoms with E-state index in [0.717, 1.165) is 16.8 Å². The Morgan fingerprint density at radius 1 is 1.26 bits per heavy atom. The fourth-order valence-electron chi connectivity index (χ4n) is 1.85. The Morgan fingerprint density at radius 2 is 2.05 bits per heavy atom. The lowest BCUT2D eigenvalue weighted by Crippen LogP contribution is -2.03. The van der Waals surface area contributed by atoms with Gasteiger partial charge in [0.15, 0.2) is 0 Å². The zero-order valence-electron chi connectivity index (χ0n) is 10.7. The van der Waals surface area contributed by atoms with Gasteiger partial charge in [0.1, 0.15) is 5.82 Å². The van der Waals surface area contributed by atoms with E-state index in [-0.39, 0.29) is 6.61 Å². The third-order valence-corrected chi connectivity index (χ3v) is 2.73. The molecule has 2 rings (SSSR count). The monoisotopic (exact) mass is 253 g/mol. The van der Waals surface area contributed by atoms with E-state index in [0.29, 0.717) is 17.9 Å². The summed E-state index contributed by atoms with van der Waals surface area (Å²) in [7, 11) is 0. The van der Waals surface area contributed by atoms with Gasteiger partial charge in [-0.05, 0) is 30.2 Å². The molecule has 4 heteroatoms. The van der Waals surface area contributed by atoms with Crippen LogP contribution in [0.2, 0.25) is 0 Å². The van der Waals surface area contributed by atoms with Crippen molar-refractivity contribution >= 4 is 5.82 Å². The van der Waals surface area contributed by atoms with Crippen LogP contribution in [0.5, 0.6) is 0 Å². The molecule has 1 aromatic heterocycles. The SMILES string of the molecule is Cc1cc(C#N)cc(NCc2cccc(CO)c2)n1. The van der Waals surface area contributed by atoms with Gasteiger partial charge in [-0.25, -0.2) is 4.98 Å². The average Bonchev–Trinajstić information content (AvgIpc) is 2.44. The molecule has 4 nitrogen and oxygen atoms in total. The smallest absolute Gasteiger partial charge is 0.127 e. The molecule has 0 unspecified atom stereocenters. The summed E-state index contributed by atoms with van der Waals surface area (Å²) in [6.07, 6.45) is 0. The molecule has 1 aromatic carbocycles. The van der Waals surface area contributed by atoms with Gasteiger partial charge in [0.2, 0.25) is 0 Å². The highest BCUT2D eigenvalue weighted by Crippen LogP contribution is 2.12. The van der Waals surface area contributed by atoms with Gasteiger partial charge >= 0.3 is 0 Å². The highest BCUT2D eigenvalue weighted by atomic mass is 16.3. The first-order valence-corrected chi connectivity index (χ1v) is 6.02. The van der Waals surface area contributed by atoms with Gasteiger partial charge in [-0.2, -0.15) is 5.26 Å². The van der Waals surface area contributed by atoms with Crippen LogP contribution in [-0.2, 0) is 13.2 Å². The molecule has 0 atom stereocenters. The number of hydrogen-bond donors (Lipinski definition) is 2. The largest absolute Gasteiger partial charge is 0.392 e. The Hall–Kier alpha value is -2.38. The molecule has 0 spiro atoms. The number of aliphatic hydroxyl groups is 1. The third kappa shape index (κ3) is 3.54. The predicted molar refractivity (Wildman–Crippen MR) is 73.4 cm³/mol. The zero-order valence-corrected chi connectivity index (χ0v) is 10.7. The molecule has 0 bridgehead atoms. The molecule has 0 amide bonds. The van der Waals surface area contributed by atoms with Crippen molar-refractivity contribution < 1.29 is 5.11 Å². The Bertz CT molecular complexity index is 617. The van der Waals surface area contributed by atoms with Gasteiger partial charge in [-0.3, -0.25) is 0 Å². The number of rotatable bonds is 4. The van der Waals surface area contributed by atoms with E-state index in [2.05, 4.69) is 16.4 Å². The van der Waals surface area contributed by atoms with Crippen molar-refractivity contribution in [3.8, 4) is 6.07 Å². The van der Waals surface area contributed by atoms with Crippen LogP contribution in [0.1, 0.15) is 22.4 Å². The van der Waals surface area contributed by atoms with E-state index < -0.39 is 0 Å². The van der Waals surface area contributed by atoms with Crippen molar-refractivity contribution in [1.29, 1.82) is 5.26 Å². The fraction of sp³-hybridized carbons (Fsp3) is 0.200. The van der Waals surface area contributed by atoms with Crippen molar-refractivity contribution in [3.05, 3.63) is 58.8 Å². The number of aliphatic hydroxyl groups excluding tert-OH is 1. The minimum Gasteiger partial charge on any atom is -0.392 e. The van der Waals surface area contributed by atoms with Crippen LogP contribution in [0.4, 0.5) is 5.82 Å². The summed E-state index contributed by atoms with van der Waals surface area (Å²) < 4.78 is 0. The lowest BCUT2D eigenvalue weighted by Gasteiger charge is -2.08. The van der Waals surface area contributed by atoms with Crippen molar-refractivity contribution in [2.45, 2.75) is 20.1 Å². The number of hydrogen-bond acceptors (Lipinski definition) is 4. The van der Waals surface area contributed by atoms with Crippen LogP contribution >= 0.6 is 0 Å². The second-order valence-corrected chi connectivity index (χ2v) is 4.33. The normalized spacial score (nSPS) is 9.95. The number of anilines is 1.